The van der Waals surface area contributed by atoms with Gasteiger partial charge in [0.1, 0.15) is 17.7 Å². The third-order valence-electron chi connectivity index (χ3n) is 4.08. The molecule has 0 saturated carbocycles. The molecule has 3 rings (SSSR count). The third-order valence-corrected chi connectivity index (χ3v) is 4.08. The molecule has 112 valence electrons. The Balaban J connectivity index is 1.83. The zero-order valence-electron chi connectivity index (χ0n) is 11.9. The first-order valence-electron chi connectivity index (χ1n) is 7.18. The van der Waals surface area contributed by atoms with Gasteiger partial charge in [0.15, 0.2) is 0 Å². The number of anilines is 1. The highest BCUT2D eigenvalue weighted by atomic mass is 19.1. The van der Waals surface area contributed by atoms with E-state index in [1.165, 1.54) is 12.1 Å². The number of nitrogens with zero attached hydrogens (tertiary/aromatic N) is 3. The van der Waals surface area contributed by atoms with Crippen LogP contribution in [0.2, 0.25) is 0 Å². The second-order valence-corrected chi connectivity index (χ2v) is 5.58. The molecule has 0 bridgehead atoms. The summed E-state index contributed by atoms with van der Waals surface area (Å²) in [5.41, 5.74) is 0.824. The third kappa shape index (κ3) is 2.57. The Kier molecular flexibility index (Phi) is 3.53. The molecule has 21 heavy (non-hydrogen) atoms. The second kappa shape index (κ2) is 5.35. The molecule has 2 aliphatic rings. The number of aliphatic carboxylic acids is 1. The zero-order valence-corrected chi connectivity index (χ0v) is 11.9. The van der Waals surface area contributed by atoms with Crippen molar-refractivity contribution in [2.24, 2.45) is 5.10 Å². The molecule has 0 aromatic heterocycles. The number of carbonyl (C=O) groups is 1. The van der Waals surface area contributed by atoms with Crippen molar-refractivity contribution in [3.8, 4) is 0 Å². The van der Waals surface area contributed by atoms with Gasteiger partial charge in [-0.05, 0) is 44.0 Å². The molecule has 6 heteroatoms. The average molecular weight is 291 g/mol. The first-order valence-corrected chi connectivity index (χ1v) is 7.18. The Morgan fingerprint density at radius 3 is 2.76 bits per heavy atom. The van der Waals surface area contributed by atoms with Crippen LogP contribution in [0.15, 0.2) is 29.4 Å². The lowest BCUT2D eigenvalue weighted by molar-refractivity contribution is -0.140. The van der Waals surface area contributed by atoms with E-state index in [0.717, 1.165) is 24.5 Å². The Bertz CT molecular complexity index is 573. The molecule has 1 N–H and O–H groups in total. The Morgan fingerprint density at radius 2 is 2.10 bits per heavy atom. The summed E-state index contributed by atoms with van der Waals surface area (Å²) in [7, 11) is 0. The molecule has 0 radical (unpaired) electrons. The van der Waals surface area contributed by atoms with Crippen molar-refractivity contribution in [2.45, 2.75) is 38.3 Å². The summed E-state index contributed by atoms with van der Waals surface area (Å²) in [6.07, 6.45) is 2.25. The fraction of sp³-hybridized carbons (Fsp3) is 0.467. The molecule has 1 fully saturated rings. The van der Waals surface area contributed by atoms with Crippen molar-refractivity contribution < 1.29 is 14.3 Å². The topological polar surface area (TPSA) is 56.1 Å². The number of likely N-dealkylation sites (tertiary alicyclic amines) is 1. The van der Waals surface area contributed by atoms with E-state index in [1.54, 1.807) is 12.1 Å². The van der Waals surface area contributed by atoms with Crippen molar-refractivity contribution in [2.75, 3.05) is 11.6 Å². The van der Waals surface area contributed by atoms with Gasteiger partial charge in [0.2, 0.25) is 0 Å². The summed E-state index contributed by atoms with van der Waals surface area (Å²) >= 11 is 0. The predicted octanol–water partition coefficient (Wildman–Crippen LogP) is 2.29. The van der Waals surface area contributed by atoms with Gasteiger partial charge < -0.3 is 10.0 Å². The maximum absolute atomic E-state index is 13.0. The van der Waals surface area contributed by atoms with Gasteiger partial charge in [-0.2, -0.15) is 5.10 Å². The number of carboxylic acid groups (broad SMARTS) is 1. The van der Waals surface area contributed by atoms with Crippen molar-refractivity contribution in [1.29, 1.82) is 0 Å². The quantitative estimate of drug-likeness (QED) is 0.908. The smallest absolute Gasteiger partial charge is 0.326 e. The molecule has 2 aliphatic heterocycles. The maximum atomic E-state index is 13.0. The fourth-order valence-electron chi connectivity index (χ4n) is 3.03. The molecule has 0 amide bonds. The monoisotopic (exact) mass is 291 g/mol. The summed E-state index contributed by atoms with van der Waals surface area (Å²) in [5.74, 6) is -0.250. The van der Waals surface area contributed by atoms with Gasteiger partial charge in [0.05, 0.1) is 11.7 Å². The normalized spacial score (nSPS) is 25.3. The number of benzene rings is 1. The van der Waals surface area contributed by atoms with Gasteiger partial charge >= 0.3 is 5.97 Å². The van der Waals surface area contributed by atoms with E-state index in [9.17, 15) is 14.3 Å². The predicted molar refractivity (Wildman–Crippen MR) is 77.8 cm³/mol. The molecule has 0 aliphatic carbocycles. The summed E-state index contributed by atoms with van der Waals surface area (Å²) in [4.78, 5) is 13.2. The number of rotatable bonds is 2. The van der Waals surface area contributed by atoms with Crippen LogP contribution in [0.3, 0.4) is 0 Å². The van der Waals surface area contributed by atoms with Gasteiger partial charge in [-0.3, -0.25) is 5.01 Å². The largest absolute Gasteiger partial charge is 0.480 e. The molecule has 1 aromatic rings. The van der Waals surface area contributed by atoms with Gasteiger partial charge in [-0.1, -0.05) is 0 Å². The summed E-state index contributed by atoms with van der Waals surface area (Å²) in [6.45, 7) is 2.77. The van der Waals surface area contributed by atoms with Gasteiger partial charge in [-0.25, -0.2) is 9.18 Å². The number of hydrogen-bond donors (Lipinski definition) is 1. The number of hydrazone groups is 1. The van der Waals surface area contributed by atoms with Crippen LogP contribution in [-0.4, -0.2) is 40.4 Å². The van der Waals surface area contributed by atoms with Crippen molar-refractivity contribution >= 4 is 17.5 Å². The van der Waals surface area contributed by atoms with Crippen molar-refractivity contribution in [3.63, 3.8) is 0 Å². The van der Waals surface area contributed by atoms with Gasteiger partial charge in [0, 0.05) is 13.0 Å². The lowest BCUT2D eigenvalue weighted by Crippen LogP contribution is -2.40. The molecular weight excluding hydrogens is 273 g/mol. The molecular formula is C15H18FN3O2. The standard InChI is InChI=1S/C15H18FN3O2/c1-10-9-14(18-8-2-3-13(18)15(20)21)17-19(10)12-6-4-11(16)5-7-12/h4-7,10,13H,2-3,8-9H2,1H3,(H,20,21)/t10?,13-/m0/s1. The van der Waals surface area contributed by atoms with E-state index in [-0.39, 0.29) is 11.9 Å². The Hall–Kier alpha value is -2.11. The van der Waals surface area contributed by atoms with E-state index in [2.05, 4.69) is 5.10 Å². The van der Waals surface area contributed by atoms with Crippen LogP contribution in [0.25, 0.3) is 0 Å². The molecule has 0 spiro atoms. The molecule has 1 unspecified atom stereocenters. The Morgan fingerprint density at radius 1 is 1.38 bits per heavy atom. The highest BCUT2D eigenvalue weighted by molar-refractivity contribution is 5.90. The van der Waals surface area contributed by atoms with Crippen LogP contribution >= 0.6 is 0 Å². The molecule has 1 aromatic carbocycles. The van der Waals surface area contributed by atoms with Crippen LogP contribution in [0, 0.1) is 5.82 Å². The SMILES string of the molecule is CC1CC(N2CCC[C@H]2C(=O)O)=NN1c1ccc(F)cc1. The van der Waals surface area contributed by atoms with E-state index in [4.69, 9.17) is 0 Å². The molecule has 2 atom stereocenters. The minimum Gasteiger partial charge on any atom is -0.480 e. The summed E-state index contributed by atoms with van der Waals surface area (Å²) < 4.78 is 13.0. The molecule has 2 heterocycles. The summed E-state index contributed by atoms with van der Waals surface area (Å²) in [6, 6.07) is 5.87. The minimum atomic E-state index is -0.789. The van der Waals surface area contributed by atoms with E-state index in [0.29, 0.717) is 12.8 Å². The minimum absolute atomic E-state index is 0.139. The number of hydrogen-bond acceptors (Lipinski definition) is 4. The van der Waals surface area contributed by atoms with Gasteiger partial charge in [0.25, 0.3) is 0 Å². The number of halogens is 1. The summed E-state index contributed by atoms with van der Waals surface area (Å²) in [5, 5.41) is 15.7. The lowest BCUT2D eigenvalue weighted by Gasteiger charge is -2.22. The number of carboxylic acids is 1. The highest BCUT2D eigenvalue weighted by Crippen LogP contribution is 2.28. The molecule has 1 saturated heterocycles. The second-order valence-electron chi connectivity index (χ2n) is 5.58. The van der Waals surface area contributed by atoms with Crippen LogP contribution in [0.1, 0.15) is 26.2 Å². The number of amidine groups is 1. The van der Waals surface area contributed by atoms with E-state index >= 15 is 0 Å². The first-order chi connectivity index (χ1) is 10.1. The van der Waals surface area contributed by atoms with Crippen LogP contribution in [-0.2, 0) is 4.79 Å². The Labute approximate surface area is 122 Å². The average Bonchev–Trinajstić information content (AvgIpc) is 3.06. The maximum Gasteiger partial charge on any atom is 0.326 e. The molecule has 5 nitrogen and oxygen atoms in total. The van der Waals surface area contributed by atoms with E-state index in [1.807, 2.05) is 16.8 Å². The van der Waals surface area contributed by atoms with Crippen LogP contribution in [0.4, 0.5) is 10.1 Å². The first kappa shape index (κ1) is 13.9. The van der Waals surface area contributed by atoms with Gasteiger partial charge in [-0.15, -0.1) is 0 Å². The zero-order chi connectivity index (χ0) is 15.0. The fourth-order valence-corrected chi connectivity index (χ4v) is 3.03. The lowest BCUT2D eigenvalue weighted by atomic mass is 10.2. The highest BCUT2D eigenvalue weighted by Gasteiger charge is 2.36. The van der Waals surface area contributed by atoms with Crippen LogP contribution in [0.5, 0.6) is 0 Å². The van der Waals surface area contributed by atoms with E-state index < -0.39 is 12.0 Å². The van der Waals surface area contributed by atoms with Crippen molar-refractivity contribution in [3.05, 3.63) is 30.1 Å². The van der Waals surface area contributed by atoms with Crippen LogP contribution < -0.4 is 5.01 Å². The van der Waals surface area contributed by atoms with Crippen molar-refractivity contribution in [1.82, 2.24) is 4.90 Å².